The van der Waals surface area contributed by atoms with Gasteiger partial charge in [-0.15, -0.1) is 0 Å². The second-order valence-electron chi connectivity index (χ2n) is 12.4. The van der Waals surface area contributed by atoms with Crippen LogP contribution in [0.25, 0.3) is 0 Å². The number of anilines is 1. The van der Waals surface area contributed by atoms with E-state index in [1.807, 2.05) is 19.9 Å². The Morgan fingerprint density at radius 1 is 1.10 bits per heavy atom. The average molecular weight is 546 g/mol. The number of aliphatic hydroxyl groups is 2. The van der Waals surface area contributed by atoms with E-state index < -0.39 is 23.0 Å². The third-order valence-corrected chi connectivity index (χ3v) is 9.62. The minimum atomic E-state index is -1.37. The maximum atomic E-state index is 13.6. The van der Waals surface area contributed by atoms with E-state index in [4.69, 9.17) is 4.74 Å². The van der Waals surface area contributed by atoms with Crippen molar-refractivity contribution in [1.29, 1.82) is 0 Å². The summed E-state index contributed by atoms with van der Waals surface area (Å²) in [4.78, 5) is 28.3. The van der Waals surface area contributed by atoms with E-state index in [1.165, 1.54) is 12.8 Å². The summed E-state index contributed by atoms with van der Waals surface area (Å²) < 4.78 is 6.26. The maximum Gasteiger partial charge on any atom is 0.255 e. The normalized spacial score (nSPS) is 30.1. The summed E-state index contributed by atoms with van der Waals surface area (Å²) in [5, 5.41) is 40.7. The molecule has 3 aliphatic carbocycles. The monoisotopic (exact) mass is 545 g/mol. The zero-order chi connectivity index (χ0) is 28.0. The zero-order valence-corrected chi connectivity index (χ0v) is 22.7. The summed E-state index contributed by atoms with van der Waals surface area (Å²) in [7, 11) is 0. The van der Waals surface area contributed by atoms with E-state index in [2.05, 4.69) is 15.5 Å². The lowest BCUT2D eigenvalue weighted by Gasteiger charge is -2.62. The molecule has 2 aliphatic heterocycles. The number of piperidine rings is 1. The lowest BCUT2D eigenvalue weighted by atomic mass is 9.49. The first-order chi connectivity index (χ1) is 19.1. The van der Waals surface area contributed by atoms with Crippen molar-refractivity contribution >= 4 is 17.5 Å². The molecule has 2 bridgehead atoms. The molecule has 2 heterocycles. The summed E-state index contributed by atoms with van der Waals surface area (Å²) in [6.07, 6.45) is 2.53. The SMILES string of the molecule is CC(C)NC(=O)c1ccc(NC(=O)C2=C(O)[C@@H]3Oc4c(O)ccc5c4[C@@]34CCN(CC3CC3)[C@H](C5)[C@]4(O)C2)cc1. The molecule has 0 aromatic heterocycles. The molecular weight excluding hydrogens is 510 g/mol. The van der Waals surface area contributed by atoms with Crippen LogP contribution in [-0.2, 0) is 16.6 Å². The van der Waals surface area contributed by atoms with Crippen LogP contribution >= 0.6 is 0 Å². The number of phenolic OH excluding ortho intramolecular Hbond substituents is 1. The third-order valence-electron chi connectivity index (χ3n) is 9.62. The minimum absolute atomic E-state index is 0.00334. The summed E-state index contributed by atoms with van der Waals surface area (Å²) in [6.45, 7) is 5.43. The van der Waals surface area contributed by atoms with Gasteiger partial charge in [0.2, 0.25) is 0 Å². The number of carbonyl (C=O) groups excluding carboxylic acids is 2. The summed E-state index contributed by atoms with van der Waals surface area (Å²) in [5.74, 6) is -0.0174. The molecule has 5 aliphatic rings. The molecule has 1 spiro atoms. The first kappa shape index (κ1) is 25.4. The van der Waals surface area contributed by atoms with Crippen LogP contribution in [0, 0.1) is 5.92 Å². The molecule has 2 amide bonds. The second kappa shape index (κ2) is 8.72. The number of aliphatic hydroxyl groups excluding tert-OH is 1. The van der Waals surface area contributed by atoms with Crippen LogP contribution < -0.4 is 15.4 Å². The summed E-state index contributed by atoms with van der Waals surface area (Å²) in [5.41, 5.74) is 0.512. The number of benzene rings is 2. The van der Waals surface area contributed by atoms with E-state index >= 15 is 0 Å². The van der Waals surface area contributed by atoms with Gasteiger partial charge in [0.25, 0.3) is 11.8 Å². The molecule has 40 heavy (non-hydrogen) atoms. The molecule has 210 valence electrons. The van der Waals surface area contributed by atoms with Crippen LogP contribution in [0.4, 0.5) is 5.69 Å². The van der Waals surface area contributed by atoms with Crippen molar-refractivity contribution in [2.75, 3.05) is 18.4 Å². The van der Waals surface area contributed by atoms with Gasteiger partial charge in [0.05, 0.1) is 16.6 Å². The second-order valence-corrected chi connectivity index (χ2v) is 12.4. The van der Waals surface area contributed by atoms with Crippen molar-refractivity contribution in [1.82, 2.24) is 10.2 Å². The summed E-state index contributed by atoms with van der Waals surface area (Å²) in [6, 6.07) is 9.83. The quantitative estimate of drug-likeness (QED) is 0.377. The van der Waals surface area contributed by atoms with Gasteiger partial charge >= 0.3 is 0 Å². The maximum absolute atomic E-state index is 13.6. The largest absolute Gasteiger partial charge is 0.508 e. The fourth-order valence-corrected chi connectivity index (χ4v) is 7.63. The molecule has 5 N–H and O–H groups in total. The van der Waals surface area contributed by atoms with Gasteiger partial charge in [-0.1, -0.05) is 6.07 Å². The predicted molar refractivity (Wildman–Crippen MR) is 148 cm³/mol. The van der Waals surface area contributed by atoms with Gasteiger partial charge in [-0.3, -0.25) is 14.5 Å². The Balaban J connectivity index is 1.24. The highest BCUT2D eigenvalue weighted by molar-refractivity contribution is 6.05. The fraction of sp³-hybridized carbons (Fsp3) is 0.484. The van der Waals surface area contributed by atoms with E-state index in [9.17, 15) is 24.9 Å². The molecule has 9 nitrogen and oxygen atoms in total. The molecule has 4 atom stereocenters. The first-order valence-electron chi connectivity index (χ1n) is 14.2. The lowest BCUT2D eigenvalue weighted by molar-refractivity contribution is -0.172. The molecule has 2 aromatic rings. The Kier molecular flexibility index (Phi) is 5.54. The Morgan fingerprint density at radius 2 is 1.85 bits per heavy atom. The van der Waals surface area contributed by atoms with Gasteiger partial charge < -0.3 is 30.7 Å². The highest BCUT2D eigenvalue weighted by atomic mass is 16.5. The number of nitrogens with one attached hydrogen (secondary N) is 2. The van der Waals surface area contributed by atoms with Crippen LogP contribution in [0.15, 0.2) is 47.7 Å². The third kappa shape index (κ3) is 3.53. The van der Waals surface area contributed by atoms with Crippen molar-refractivity contribution in [3.8, 4) is 11.5 Å². The van der Waals surface area contributed by atoms with Crippen LogP contribution in [-0.4, -0.2) is 68.9 Å². The number of nitrogens with zero attached hydrogens (tertiary/aromatic N) is 1. The molecule has 9 heteroatoms. The highest BCUT2D eigenvalue weighted by Gasteiger charge is 2.73. The molecule has 0 unspecified atom stereocenters. The number of hydrogen-bond donors (Lipinski definition) is 5. The standard InChI is InChI=1S/C31H35N3O6/c1-16(2)32-28(37)18-5-8-20(9-6-18)33-29(38)21-14-31(39)23-13-19-7-10-22(35)26-24(19)30(31,27(40-26)25(21)36)11-12-34(23)15-17-3-4-17/h5-10,16-17,23,27,35-36,39H,3-4,11-15H2,1-2H3,(H,32,37)(H,33,38)/t23-,27+,30+,31-/m1/s1. The molecule has 1 saturated carbocycles. The Hall–Kier alpha value is -3.56. The van der Waals surface area contributed by atoms with Gasteiger partial charge in [0.15, 0.2) is 17.6 Å². The van der Waals surface area contributed by atoms with Crippen LogP contribution in [0.3, 0.4) is 0 Å². The number of likely N-dealkylation sites (tertiary alicyclic amines) is 1. The van der Waals surface area contributed by atoms with E-state index in [0.29, 0.717) is 35.8 Å². The van der Waals surface area contributed by atoms with Crippen molar-refractivity contribution in [3.63, 3.8) is 0 Å². The average Bonchev–Trinajstić information content (AvgIpc) is 3.65. The smallest absolute Gasteiger partial charge is 0.255 e. The number of ether oxygens (including phenoxy) is 1. The van der Waals surface area contributed by atoms with Crippen molar-refractivity contribution < 1.29 is 29.6 Å². The number of amides is 2. The van der Waals surface area contributed by atoms with Crippen LogP contribution in [0.5, 0.6) is 11.5 Å². The Bertz CT molecular complexity index is 1450. The van der Waals surface area contributed by atoms with Gasteiger partial charge in [0.1, 0.15) is 5.76 Å². The van der Waals surface area contributed by atoms with E-state index in [1.54, 1.807) is 30.3 Å². The predicted octanol–water partition coefficient (Wildman–Crippen LogP) is 3.16. The Morgan fingerprint density at radius 3 is 2.55 bits per heavy atom. The molecule has 1 saturated heterocycles. The number of hydrogen-bond acceptors (Lipinski definition) is 7. The molecule has 2 aromatic carbocycles. The molecule has 2 fully saturated rings. The lowest BCUT2D eigenvalue weighted by Crippen LogP contribution is -2.75. The van der Waals surface area contributed by atoms with Crippen LogP contribution in [0.1, 0.15) is 61.0 Å². The van der Waals surface area contributed by atoms with Gasteiger partial charge in [-0.05, 0) is 87.9 Å². The summed E-state index contributed by atoms with van der Waals surface area (Å²) >= 11 is 0. The van der Waals surface area contributed by atoms with E-state index in [-0.39, 0.29) is 41.5 Å². The van der Waals surface area contributed by atoms with Gasteiger partial charge in [-0.2, -0.15) is 0 Å². The van der Waals surface area contributed by atoms with Crippen molar-refractivity contribution in [2.24, 2.45) is 5.92 Å². The van der Waals surface area contributed by atoms with E-state index in [0.717, 1.165) is 24.2 Å². The number of phenols is 1. The Labute approximate surface area is 232 Å². The van der Waals surface area contributed by atoms with Crippen molar-refractivity contribution in [3.05, 3.63) is 64.4 Å². The van der Waals surface area contributed by atoms with Crippen LogP contribution in [0.2, 0.25) is 0 Å². The number of carbonyl (C=O) groups is 2. The van der Waals surface area contributed by atoms with Gasteiger partial charge in [-0.25, -0.2) is 0 Å². The molecule has 7 rings (SSSR count). The van der Waals surface area contributed by atoms with Crippen molar-refractivity contribution in [2.45, 2.75) is 75.2 Å². The zero-order valence-electron chi connectivity index (χ0n) is 22.7. The highest BCUT2D eigenvalue weighted by Crippen LogP contribution is 2.66. The number of rotatable bonds is 6. The molecule has 0 radical (unpaired) electrons. The topological polar surface area (TPSA) is 131 Å². The van der Waals surface area contributed by atoms with Gasteiger partial charge in [0, 0.05) is 41.9 Å². The molecular formula is C31H35N3O6. The first-order valence-corrected chi connectivity index (χ1v) is 14.2. The minimum Gasteiger partial charge on any atom is -0.508 e. The number of aromatic hydroxyl groups is 1. The fourth-order valence-electron chi connectivity index (χ4n) is 7.63.